The topological polar surface area (TPSA) is 61.6 Å². The second-order valence-corrected chi connectivity index (χ2v) is 6.63. The van der Waals surface area contributed by atoms with Crippen molar-refractivity contribution in [2.75, 3.05) is 31.5 Å². The number of anilines is 1. The summed E-state index contributed by atoms with van der Waals surface area (Å²) in [6, 6.07) is 3.14. The molecule has 9 heteroatoms. The summed E-state index contributed by atoms with van der Waals surface area (Å²) in [6.45, 7) is 6.96. The van der Waals surface area contributed by atoms with E-state index in [-0.39, 0.29) is 5.69 Å². The van der Waals surface area contributed by atoms with Gasteiger partial charge in [0.1, 0.15) is 0 Å². The average molecular weight is 382 g/mol. The van der Waals surface area contributed by atoms with Crippen molar-refractivity contribution in [2.45, 2.75) is 26.4 Å². The second-order valence-electron chi connectivity index (χ2n) is 6.63. The fourth-order valence-electron chi connectivity index (χ4n) is 3.05. The third-order valence-electron chi connectivity index (χ3n) is 4.68. The van der Waals surface area contributed by atoms with Crippen molar-refractivity contribution in [3.8, 4) is 0 Å². The van der Waals surface area contributed by atoms with Gasteiger partial charge in [-0.3, -0.25) is 14.6 Å². The van der Waals surface area contributed by atoms with Crippen molar-refractivity contribution in [3.63, 3.8) is 0 Å². The number of benzene rings is 1. The number of aromatic nitrogens is 1. The van der Waals surface area contributed by atoms with Gasteiger partial charge in [-0.05, 0) is 26.0 Å². The van der Waals surface area contributed by atoms with Crippen molar-refractivity contribution < 1.29 is 22.5 Å². The number of carbonyl (C=O) groups is 1. The molecule has 0 radical (unpaired) electrons. The van der Waals surface area contributed by atoms with E-state index in [4.69, 9.17) is 4.52 Å². The number of piperazine rings is 1. The lowest BCUT2D eigenvalue weighted by Gasteiger charge is -2.37. The van der Waals surface area contributed by atoms with E-state index in [2.05, 4.69) is 15.4 Å². The van der Waals surface area contributed by atoms with Crippen LogP contribution < -0.4 is 5.32 Å². The van der Waals surface area contributed by atoms with Gasteiger partial charge in [0.25, 0.3) is 0 Å². The molecule has 1 aliphatic heterocycles. The van der Waals surface area contributed by atoms with E-state index in [1.165, 1.54) is 0 Å². The maximum absolute atomic E-state index is 13.7. The lowest BCUT2D eigenvalue weighted by atomic mass is 10.2. The van der Waals surface area contributed by atoms with Crippen LogP contribution in [-0.4, -0.2) is 53.1 Å². The van der Waals surface area contributed by atoms with Gasteiger partial charge in [0.05, 0.1) is 24.0 Å². The minimum absolute atomic E-state index is 0.370. The molecule has 1 amide bonds. The molecule has 6 nitrogen and oxygen atoms in total. The Bertz CT molecular complexity index is 819. The van der Waals surface area contributed by atoms with Crippen molar-refractivity contribution in [1.29, 1.82) is 0 Å². The van der Waals surface area contributed by atoms with E-state index in [1.54, 1.807) is 6.92 Å². The zero-order valence-corrected chi connectivity index (χ0v) is 15.1. The number of halogens is 3. The maximum atomic E-state index is 13.7. The first-order chi connectivity index (χ1) is 12.8. The molecule has 1 saturated heterocycles. The van der Waals surface area contributed by atoms with Crippen LogP contribution in [0.1, 0.15) is 18.4 Å². The van der Waals surface area contributed by atoms with Crippen LogP contribution in [0.2, 0.25) is 0 Å². The Morgan fingerprint density at radius 1 is 1.22 bits per heavy atom. The molecule has 1 fully saturated rings. The molecule has 0 bridgehead atoms. The van der Waals surface area contributed by atoms with Crippen LogP contribution in [0.15, 0.2) is 22.7 Å². The zero-order valence-electron chi connectivity index (χ0n) is 15.1. The number of hydrogen-bond donors (Lipinski definition) is 1. The molecule has 0 spiro atoms. The van der Waals surface area contributed by atoms with Crippen LogP contribution >= 0.6 is 0 Å². The number of nitrogens with zero attached hydrogens (tertiary/aromatic N) is 3. The Balaban J connectivity index is 1.53. The molecule has 146 valence electrons. The number of hydrogen-bond acceptors (Lipinski definition) is 5. The van der Waals surface area contributed by atoms with Gasteiger partial charge in [-0.25, -0.2) is 13.2 Å². The first kappa shape index (κ1) is 19.4. The molecule has 27 heavy (non-hydrogen) atoms. The molecule has 1 aromatic carbocycles. The molecule has 1 aromatic heterocycles. The summed E-state index contributed by atoms with van der Waals surface area (Å²) in [5.41, 5.74) is 0.462. The Morgan fingerprint density at radius 2 is 1.93 bits per heavy atom. The number of amides is 1. The molecule has 2 heterocycles. The fourth-order valence-corrected chi connectivity index (χ4v) is 3.05. The fraction of sp³-hybridized carbons (Fsp3) is 0.444. The zero-order chi connectivity index (χ0) is 19.6. The average Bonchev–Trinajstić information content (AvgIpc) is 3.07. The van der Waals surface area contributed by atoms with Crippen LogP contribution in [-0.2, 0) is 11.3 Å². The van der Waals surface area contributed by atoms with Crippen LogP contribution in [0.3, 0.4) is 0 Å². The summed E-state index contributed by atoms with van der Waals surface area (Å²) in [7, 11) is 0. The third kappa shape index (κ3) is 4.48. The Morgan fingerprint density at radius 3 is 2.56 bits per heavy atom. The van der Waals surface area contributed by atoms with Crippen molar-refractivity contribution in [2.24, 2.45) is 0 Å². The van der Waals surface area contributed by atoms with E-state index in [0.29, 0.717) is 19.6 Å². The highest BCUT2D eigenvalue weighted by atomic mass is 19.2. The molecule has 1 unspecified atom stereocenters. The quantitative estimate of drug-likeness (QED) is 0.806. The molecule has 2 aromatic rings. The second kappa shape index (κ2) is 8.10. The summed E-state index contributed by atoms with van der Waals surface area (Å²) in [5, 5.41) is 6.19. The standard InChI is InChI=1S/C18H21F3N4O2/c1-11-9-13(27-23-11)10-24-5-7-25(8-6-24)12(2)18(26)22-15-4-3-14(19)16(20)17(15)21/h3-4,9,12H,5-8,10H2,1-2H3,(H,22,26). The molecule has 1 atom stereocenters. The van der Waals surface area contributed by atoms with Gasteiger partial charge in [-0.15, -0.1) is 0 Å². The predicted octanol–water partition coefficient (Wildman–Crippen LogP) is 2.55. The first-order valence-corrected chi connectivity index (χ1v) is 8.68. The minimum Gasteiger partial charge on any atom is -0.360 e. The highest BCUT2D eigenvalue weighted by molar-refractivity contribution is 5.94. The van der Waals surface area contributed by atoms with E-state index in [1.807, 2.05) is 17.9 Å². The normalized spacial score (nSPS) is 17.1. The van der Waals surface area contributed by atoms with Crippen molar-refractivity contribution >= 4 is 11.6 Å². The smallest absolute Gasteiger partial charge is 0.241 e. The molecular formula is C18H21F3N4O2. The van der Waals surface area contributed by atoms with E-state index in [9.17, 15) is 18.0 Å². The lowest BCUT2D eigenvalue weighted by molar-refractivity contribution is -0.121. The molecule has 1 N–H and O–H groups in total. The van der Waals surface area contributed by atoms with Gasteiger partial charge in [0.2, 0.25) is 5.91 Å². The molecule has 0 saturated carbocycles. The lowest BCUT2D eigenvalue weighted by Crippen LogP contribution is -2.52. The van der Waals surface area contributed by atoms with E-state index >= 15 is 0 Å². The number of rotatable bonds is 5. The van der Waals surface area contributed by atoms with Gasteiger partial charge in [0.15, 0.2) is 23.2 Å². The van der Waals surface area contributed by atoms with Crippen LogP contribution in [0, 0.1) is 24.4 Å². The maximum Gasteiger partial charge on any atom is 0.241 e. The Labute approximate surface area is 154 Å². The Kier molecular flexibility index (Phi) is 5.81. The molecule has 0 aliphatic carbocycles. The Hall–Kier alpha value is -2.39. The SMILES string of the molecule is Cc1cc(CN2CCN(C(C)C(=O)Nc3ccc(F)c(F)c3F)CC2)on1. The van der Waals surface area contributed by atoms with Gasteiger partial charge in [-0.2, -0.15) is 0 Å². The number of aryl methyl sites for hydroxylation is 1. The highest BCUT2D eigenvalue weighted by Gasteiger charge is 2.27. The molecular weight excluding hydrogens is 361 g/mol. The summed E-state index contributed by atoms with van der Waals surface area (Å²) >= 11 is 0. The third-order valence-corrected chi connectivity index (χ3v) is 4.68. The van der Waals surface area contributed by atoms with E-state index in [0.717, 1.165) is 36.7 Å². The van der Waals surface area contributed by atoms with Gasteiger partial charge >= 0.3 is 0 Å². The summed E-state index contributed by atoms with van der Waals surface area (Å²) in [4.78, 5) is 16.5. The van der Waals surface area contributed by atoms with Crippen LogP contribution in [0.5, 0.6) is 0 Å². The predicted molar refractivity (Wildman–Crippen MR) is 92.5 cm³/mol. The van der Waals surface area contributed by atoms with E-state index < -0.39 is 29.4 Å². The minimum atomic E-state index is -1.60. The van der Waals surface area contributed by atoms with Gasteiger partial charge in [-0.1, -0.05) is 5.16 Å². The monoisotopic (exact) mass is 382 g/mol. The first-order valence-electron chi connectivity index (χ1n) is 8.68. The molecule has 1 aliphatic rings. The largest absolute Gasteiger partial charge is 0.360 e. The van der Waals surface area contributed by atoms with Crippen LogP contribution in [0.25, 0.3) is 0 Å². The number of nitrogens with one attached hydrogen (secondary N) is 1. The summed E-state index contributed by atoms with van der Waals surface area (Å²) in [6.07, 6.45) is 0. The highest BCUT2D eigenvalue weighted by Crippen LogP contribution is 2.20. The van der Waals surface area contributed by atoms with Crippen molar-refractivity contribution in [1.82, 2.24) is 15.0 Å². The van der Waals surface area contributed by atoms with Crippen LogP contribution in [0.4, 0.5) is 18.9 Å². The van der Waals surface area contributed by atoms with Crippen molar-refractivity contribution in [3.05, 3.63) is 47.1 Å². The number of carbonyl (C=O) groups excluding carboxylic acids is 1. The van der Waals surface area contributed by atoms with Gasteiger partial charge in [0, 0.05) is 32.2 Å². The summed E-state index contributed by atoms with van der Waals surface area (Å²) in [5.74, 6) is -3.98. The van der Waals surface area contributed by atoms with Gasteiger partial charge < -0.3 is 9.84 Å². The molecule has 3 rings (SSSR count). The summed E-state index contributed by atoms with van der Waals surface area (Å²) < 4.78 is 45.2.